The average Bonchev–Trinajstić information content (AvgIpc) is 3.44. The van der Waals surface area contributed by atoms with Crippen LogP contribution >= 0.6 is 11.3 Å². The first-order valence-corrected chi connectivity index (χ1v) is 11.0. The van der Waals surface area contributed by atoms with Gasteiger partial charge in [-0.15, -0.1) is 11.3 Å². The second kappa shape index (κ2) is 8.45. The summed E-state index contributed by atoms with van der Waals surface area (Å²) in [5.41, 5.74) is 3.15. The van der Waals surface area contributed by atoms with Gasteiger partial charge in [-0.25, -0.2) is 4.98 Å². The molecule has 1 aromatic heterocycles. The lowest BCUT2D eigenvalue weighted by molar-refractivity contribution is -0.132. The molecule has 0 unspecified atom stereocenters. The Bertz CT molecular complexity index is 1030. The minimum atomic E-state index is 0.155. The van der Waals surface area contributed by atoms with E-state index in [9.17, 15) is 4.79 Å². The maximum Gasteiger partial charge on any atom is 0.231 e. The maximum atomic E-state index is 12.7. The van der Waals surface area contributed by atoms with E-state index in [4.69, 9.17) is 9.47 Å². The highest BCUT2D eigenvalue weighted by Gasteiger charge is 2.23. The van der Waals surface area contributed by atoms with Crippen LogP contribution in [0.2, 0.25) is 0 Å². The van der Waals surface area contributed by atoms with E-state index in [0.29, 0.717) is 13.2 Å². The molecule has 0 bridgehead atoms. The molecule has 0 spiro atoms. The third-order valence-corrected chi connectivity index (χ3v) is 6.41. The molecule has 2 aliphatic rings. The predicted octanol–water partition coefficient (Wildman–Crippen LogP) is 3.43. The minimum Gasteiger partial charge on any atom is -0.454 e. The van der Waals surface area contributed by atoms with Crippen LogP contribution in [0, 0.1) is 0 Å². The highest BCUT2D eigenvalue weighted by molar-refractivity contribution is 7.13. The molecule has 3 aromatic rings. The second-order valence-electron chi connectivity index (χ2n) is 7.53. The number of piperazine rings is 1. The molecule has 6 nitrogen and oxygen atoms in total. The maximum absolute atomic E-state index is 12.7. The number of hydrogen-bond donors (Lipinski definition) is 0. The minimum absolute atomic E-state index is 0.155. The number of nitrogens with zero attached hydrogens (tertiary/aromatic N) is 3. The predicted molar refractivity (Wildman–Crippen MR) is 116 cm³/mol. The molecule has 0 radical (unpaired) electrons. The van der Waals surface area contributed by atoms with Gasteiger partial charge in [0.25, 0.3) is 0 Å². The molecule has 1 amide bonds. The highest BCUT2D eigenvalue weighted by Crippen LogP contribution is 2.33. The lowest BCUT2D eigenvalue weighted by atomic mass is 10.1. The molecule has 5 rings (SSSR count). The molecule has 30 heavy (non-hydrogen) atoms. The number of carbonyl (C=O) groups is 1. The van der Waals surface area contributed by atoms with Crippen LogP contribution < -0.4 is 9.47 Å². The number of rotatable bonds is 5. The lowest BCUT2D eigenvalue weighted by Crippen LogP contribution is -2.48. The highest BCUT2D eigenvalue weighted by atomic mass is 32.1. The van der Waals surface area contributed by atoms with Crippen LogP contribution in [-0.4, -0.2) is 53.7 Å². The Kier molecular flexibility index (Phi) is 5.38. The Morgan fingerprint density at radius 3 is 2.63 bits per heavy atom. The first-order chi connectivity index (χ1) is 14.7. The van der Waals surface area contributed by atoms with E-state index in [1.807, 2.05) is 52.7 Å². The molecule has 2 aliphatic heterocycles. The second-order valence-corrected chi connectivity index (χ2v) is 8.39. The largest absolute Gasteiger partial charge is 0.454 e. The quantitative estimate of drug-likeness (QED) is 0.632. The van der Waals surface area contributed by atoms with Crippen LogP contribution in [0.15, 0.2) is 53.9 Å². The summed E-state index contributed by atoms with van der Waals surface area (Å²) in [6, 6.07) is 16.2. The average molecular weight is 422 g/mol. The molecule has 1 saturated heterocycles. The van der Waals surface area contributed by atoms with Gasteiger partial charge in [0.2, 0.25) is 12.7 Å². The number of hydrogen-bond acceptors (Lipinski definition) is 6. The van der Waals surface area contributed by atoms with Crippen molar-refractivity contribution in [1.29, 1.82) is 0 Å². The van der Waals surface area contributed by atoms with Gasteiger partial charge in [-0.3, -0.25) is 9.69 Å². The van der Waals surface area contributed by atoms with Gasteiger partial charge >= 0.3 is 0 Å². The number of thiazole rings is 1. The molecule has 0 atom stereocenters. The molecule has 0 saturated carbocycles. The normalized spacial score (nSPS) is 16.1. The molecule has 1 fully saturated rings. The van der Waals surface area contributed by atoms with E-state index in [0.717, 1.165) is 60.5 Å². The standard InChI is InChI=1S/C23H23N3O3S/c27-22(13-19-15-30-23(24-19)18-4-2-1-3-5-18)26-10-8-25(9-11-26)14-17-6-7-20-21(12-17)29-16-28-20/h1-7,12,15H,8-11,13-14,16H2. The van der Waals surface area contributed by atoms with Crippen LogP contribution in [0.5, 0.6) is 11.5 Å². The zero-order valence-corrected chi connectivity index (χ0v) is 17.4. The van der Waals surface area contributed by atoms with Crippen LogP contribution in [-0.2, 0) is 17.8 Å². The zero-order chi connectivity index (χ0) is 20.3. The summed E-state index contributed by atoms with van der Waals surface area (Å²) in [5.74, 6) is 1.79. The van der Waals surface area contributed by atoms with Crippen molar-refractivity contribution in [2.75, 3.05) is 33.0 Å². The van der Waals surface area contributed by atoms with Gasteiger partial charge in [-0.1, -0.05) is 36.4 Å². The van der Waals surface area contributed by atoms with Gasteiger partial charge < -0.3 is 14.4 Å². The van der Waals surface area contributed by atoms with Crippen molar-refractivity contribution in [1.82, 2.24) is 14.8 Å². The fraction of sp³-hybridized carbons (Fsp3) is 0.304. The van der Waals surface area contributed by atoms with E-state index in [-0.39, 0.29) is 5.91 Å². The summed E-state index contributed by atoms with van der Waals surface area (Å²) in [5, 5.41) is 2.96. The molecule has 3 heterocycles. The Morgan fingerprint density at radius 1 is 1.00 bits per heavy atom. The third-order valence-electron chi connectivity index (χ3n) is 5.47. The van der Waals surface area contributed by atoms with Crippen LogP contribution in [0.25, 0.3) is 10.6 Å². The Hall–Kier alpha value is -2.90. The first-order valence-electron chi connectivity index (χ1n) is 10.1. The van der Waals surface area contributed by atoms with Crippen molar-refractivity contribution in [2.24, 2.45) is 0 Å². The fourth-order valence-corrected chi connectivity index (χ4v) is 4.65. The smallest absolute Gasteiger partial charge is 0.231 e. The van der Waals surface area contributed by atoms with E-state index in [2.05, 4.69) is 16.0 Å². The van der Waals surface area contributed by atoms with Crippen molar-refractivity contribution in [3.63, 3.8) is 0 Å². The Morgan fingerprint density at radius 2 is 1.80 bits per heavy atom. The monoisotopic (exact) mass is 421 g/mol. The van der Waals surface area contributed by atoms with Gasteiger partial charge in [0.05, 0.1) is 12.1 Å². The Balaban J connectivity index is 1.13. The number of amides is 1. The van der Waals surface area contributed by atoms with Crippen molar-refractivity contribution < 1.29 is 14.3 Å². The number of aromatic nitrogens is 1. The molecule has 154 valence electrons. The SMILES string of the molecule is O=C(Cc1csc(-c2ccccc2)n1)N1CCN(Cc2ccc3c(c2)OCO3)CC1. The molecule has 7 heteroatoms. The van der Waals surface area contributed by atoms with Crippen molar-refractivity contribution in [3.8, 4) is 22.1 Å². The fourth-order valence-electron chi connectivity index (χ4n) is 3.82. The van der Waals surface area contributed by atoms with E-state index >= 15 is 0 Å². The summed E-state index contributed by atoms with van der Waals surface area (Å²) in [4.78, 5) is 21.7. The van der Waals surface area contributed by atoms with Crippen LogP contribution in [0.1, 0.15) is 11.3 Å². The first kappa shape index (κ1) is 19.1. The van der Waals surface area contributed by atoms with Crippen molar-refractivity contribution in [2.45, 2.75) is 13.0 Å². The molecular formula is C23H23N3O3S. The zero-order valence-electron chi connectivity index (χ0n) is 16.6. The van der Waals surface area contributed by atoms with Crippen molar-refractivity contribution in [3.05, 3.63) is 65.2 Å². The van der Waals surface area contributed by atoms with E-state index < -0.39 is 0 Å². The Labute approximate surface area is 179 Å². The summed E-state index contributed by atoms with van der Waals surface area (Å²) in [6.45, 7) is 4.38. The molecule has 0 N–H and O–H groups in total. The van der Waals surface area contributed by atoms with E-state index in [1.54, 1.807) is 11.3 Å². The van der Waals surface area contributed by atoms with Crippen molar-refractivity contribution >= 4 is 17.2 Å². The lowest BCUT2D eigenvalue weighted by Gasteiger charge is -2.34. The molecule has 0 aliphatic carbocycles. The summed E-state index contributed by atoms with van der Waals surface area (Å²) >= 11 is 1.59. The summed E-state index contributed by atoms with van der Waals surface area (Å²) in [6.07, 6.45) is 0.367. The number of ether oxygens (including phenoxy) is 2. The number of carbonyl (C=O) groups excluding carboxylic acids is 1. The van der Waals surface area contributed by atoms with Gasteiger partial charge in [-0.2, -0.15) is 0 Å². The summed E-state index contributed by atoms with van der Waals surface area (Å²) < 4.78 is 10.8. The van der Waals surface area contributed by atoms with Crippen LogP contribution in [0.4, 0.5) is 0 Å². The van der Waals surface area contributed by atoms with Gasteiger partial charge in [-0.05, 0) is 17.7 Å². The van der Waals surface area contributed by atoms with Crippen LogP contribution in [0.3, 0.4) is 0 Å². The van der Waals surface area contributed by atoms with E-state index in [1.165, 1.54) is 5.56 Å². The topological polar surface area (TPSA) is 54.9 Å². The molecular weight excluding hydrogens is 398 g/mol. The number of benzene rings is 2. The van der Waals surface area contributed by atoms with Gasteiger partial charge in [0.15, 0.2) is 11.5 Å². The molecule has 2 aromatic carbocycles. The van der Waals surface area contributed by atoms with Gasteiger partial charge in [0, 0.05) is 43.7 Å². The number of fused-ring (bicyclic) bond motifs is 1. The third kappa shape index (κ3) is 4.17. The van der Waals surface area contributed by atoms with Gasteiger partial charge in [0.1, 0.15) is 5.01 Å². The summed E-state index contributed by atoms with van der Waals surface area (Å²) in [7, 11) is 0.